The normalized spacial score (nSPS) is 18.3. The fourth-order valence-corrected chi connectivity index (χ4v) is 3.73. The molecule has 2 heterocycles. The average Bonchev–Trinajstić information content (AvgIpc) is 3.24. The van der Waals surface area contributed by atoms with Crippen LogP contribution in [0.1, 0.15) is 53.8 Å². The van der Waals surface area contributed by atoms with Gasteiger partial charge in [-0.2, -0.15) is 4.98 Å². The molecule has 1 atom stereocenters. The predicted molar refractivity (Wildman–Crippen MR) is 100 cm³/mol. The van der Waals surface area contributed by atoms with Crippen LogP contribution in [0.5, 0.6) is 0 Å². The molecule has 2 aliphatic rings. The van der Waals surface area contributed by atoms with E-state index in [9.17, 15) is 4.79 Å². The van der Waals surface area contributed by atoms with Crippen molar-refractivity contribution in [2.75, 3.05) is 5.32 Å². The fraction of sp³-hybridized carbons (Fsp3) is 0.333. The molecule has 2 aromatic heterocycles. The summed E-state index contributed by atoms with van der Waals surface area (Å²) in [6.07, 6.45) is 5.68. The van der Waals surface area contributed by atoms with E-state index in [0.717, 1.165) is 54.1 Å². The van der Waals surface area contributed by atoms with Crippen LogP contribution >= 0.6 is 0 Å². The number of aromatic nitrogens is 3. The number of carbonyl (C=O) groups is 1. The Morgan fingerprint density at radius 2 is 2.07 bits per heavy atom. The number of hydrogen-bond donors (Lipinski definition) is 1. The van der Waals surface area contributed by atoms with Crippen LogP contribution in [0.15, 0.2) is 41.1 Å². The molecule has 0 bridgehead atoms. The van der Waals surface area contributed by atoms with Gasteiger partial charge in [0.15, 0.2) is 0 Å². The zero-order chi connectivity index (χ0) is 18.4. The summed E-state index contributed by atoms with van der Waals surface area (Å²) in [7, 11) is 0. The number of nitrogens with one attached hydrogen (secondary N) is 1. The summed E-state index contributed by atoms with van der Waals surface area (Å²) in [5.41, 5.74) is 4.91. The minimum atomic E-state index is -0.130. The second-order valence-electron chi connectivity index (χ2n) is 7.41. The minimum Gasteiger partial charge on any atom is -0.339 e. The lowest BCUT2D eigenvalue weighted by molar-refractivity contribution is -0.117. The van der Waals surface area contributed by atoms with E-state index in [4.69, 9.17) is 4.52 Å². The first-order valence-electron chi connectivity index (χ1n) is 9.38. The molecule has 1 N–H and O–H groups in total. The number of aryl methyl sites for hydroxylation is 2. The Balaban J connectivity index is 1.36. The van der Waals surface area contributed by atoms with E-state index in [-0.39, 0.29) is 11.8 Å². The summed E-state index contributed by atoms with van der Waals surface area (Å²) in [6, 6.07) is 9.82. The quantitative estimate of drug-likeness (QED) is 0.761. The van der Waals surface area contributed by atoms with Crippen LogP contribution in [-0.4, -0.2) is 21.0 Å². The van der Waals surface area contributed by atoms with Gasteiger partial charge in [-0.1, -0.05) is 17.3 Å². The summed E-state index contributed by atoms with van der Waals surface area (Å²) >= 11 is 0. The molecule has 1 fully saturated rings. The molecule has 1 aromatic carbocycles. The van der Waals surface area contributed by atoms with Gasteiger partial charge in [-0.05, 0) is 61.9 Å². The van der Waals surface area contributed by atoms with E-state index in [1.54, 1.807) is 6.20 Å². The number of nitrogens with zero attached hydrogens (tertiary/aromatic N) is 3. The standard InChI is InChI=1S/C21H20N4O2/c1-12-10-16(8-9-22-12)23-20(26)18-7-4-14-11-15(5-6-17(14)18)19-24-21(27-25-19)13-2-3-13/h5-6,8-11,13,18H,2-4,7H2,1H3,(H,22,23,26). The van der Waals surface area contributed by atoms with Crippen LogP contribution in [0.25, 0.3) is 11.4 Å². The molecule has 1 unspecified atom stereocenters. The molecule has 1 amide bonds. The van der Waals surface area contributed by atoms with Crippen molar-refractivity contribution in [1.82, 2.24) is 15.1 Å². The number of hydrogen-bond acceptors (Lipinski definition) is 5. The number of fused-ring (bicyclic) bond motifs is 1. The maximum absolute atomic E-state index is 12.8. The van der Waals surface area contributed by atoms with Gasteiger partial charge in [0.05, 0.1) is 5.92 Å². The molecule has 2 aliphatic carbocycles. The van der Waals surface area contributed by atoms with Gasteiger partial charge in [0, 0.05) is 29.1 Å². The van der Waals surface area contributed by atoms with Crippen LogP contribution in [0.3, 0.4) is 0 Å². The van der Waals surface area contributed by atoms with E-state index >= 15 is 0 Å². The third-order valence-electron chi connectivity index (χ3n) is 5.33. The lowest BCUT2D eigenvalue weighted by Gasteiger charge is -2.13. The van der Waals surface area contributed by atoms with Crippen LogP contribution in [-0.2, 0) is 11.2 Å². The highest BCUT2D eigenvalue weighted by Crippen LogP contribution is 2.40. The Hall–Kier alpha value is -3.02. The molecule has 6 heteroatoms. The first-order chi connectivity index (χ1) is 13.2. The summed E-state index contributed by atoms with van der Waals surface area (Å²) < 4.78 is 5.37. The van der Waals surface area contributed by atoms with Crippen LogP contribution in [0.2, 0.25) is 0 Å². The molecular weight excluding hydrogens is 340 g/mol. The summed E-state index contributed by atoms with van der Waals surface area (Å²) in [6.45, 7) is 1.91. The van der Waals surface area contributed by atoms with Crippen molar-refractivity contribution in [3.05, 3.63) is 59.2 Å². The number of anilines is 1. The molecule has 136 valence electrons. The summed E-state index contributed by atoms with van der Waals surface area (Å²) in [5.74, 6) is 1.73. The highest BCUT2D eigenvalue weighted by atomic mass is 16.5. The van der Waals surface area contributed by atoms with Gasteiger partial charge >= 0.3 is 0 Å². The van der Waals surface area contributed by atoms with Gasteiger partial charge in [0.25, 0.3) is 0 Å². The Morgan fingerprint density at radius 1 is 1.19 bits per heavy atom. The van der Waals surface area contributed by atoms with Crippen molar-refractivity contribution in [3.63, 3.8) is 0 Å². The topological polar surface area (TPSA) is 80.9 Å². The number of amides is 1. The molecule has 0 spiro atoms. The second-order valence-corrected chi connectivity index (χ2v) is 7.41. The monoisotopic (exact) mass is 360 g/mol. The molecule has 5 rings (SSSR count). The van der Waals surface area contributed by atoms with Crippen molar-refractivity contribution in [2.24, 2.45) is 0 Å². The third kappa shape index (κ3) is 3.12. The van der Waals surface area contributed by atoms with E-state index < -0.39 is 0 Å². The Morgan fingerprint density at radius 3 is 2.89 bits per heavy atom. The number of pyridine rings is 1. The summed E-state index contributed by atoms with van der Waals surface area (Å²) in [5, 5.41) is 7.14. The zero-order valence-corrected chi connectivity index (χ0v) is 15.1. The van der Waals surface area contributed by atoms with Crippen LogP contribution in [0.4, 0.5) is 5.69 Å². The molecule has 6 nitrogen and oxygen atoms in total. The number of rotatable bonds is 4. The molecule has 3 aromatic rings. The van der Waals surface area contributed by atoms with Gasteiger partial charge in [-0.3, -0.25) is 9.78 Å². The van der Waals surface area contributed by atoms with E-state index in [0.29, 0.717) is 11.7 Å². The van der Waals surface area contributed by atoms with Crippen molar-refractivity contribution < 1.29 is 9.32 Å². The van der Waals surface area contributed by atoms with Crippen molar-refractivity contribution in [1.29, 1.82) is 0 Å². The van der Waals surface area contributed by atoms with Gasteiger partial charge < -0.3 is 9.84 Å². The Labute approximate surface area is 157 Å². The van der Waals surface area contributed by atoms with E-state index in [2.05, 4.69) is 26.5 Å². The highest BCUT2D eigenvalue weighted by molar-refractivity contribution is 5.96. The molecule has 0 aliphatic heterocycles. The highest BCUT2D eigenvalue weighted by Gasteiger charge is 2.31. The number of carbonyl (C=O) groups excluding carboxylic acids is 1. The smallest absolute Gasteiger partial charge is 0.231 e. The van der Waals surface area contributed by atoms with Crippen LogP contribution < -0.4 is 5.32 Å². The van der Waals surface area contributed by atoms with Gasteiger partial charge in [-0.25, -0.2) is 0 Å². The van der Waals surface area contributed by atoms with Crippen molar-refractivity contribution in [3.8, 4) is 11.4 Å². The third-order valence-corrected chi connectivity index (χ3v) is 5.33. The van der Waals surface area contributed by atoms with E-state index in [1.807, 2.05) is 31.2 Å². The first-order valence-corrected chi connectivity index (χ1v) is 9.38. The van der Waals surface area contributed by atoms with E-state index in [1.165, 1.54) is 5.56 Å². The SMILES string of the molecule is Cc1cc(NC(=O)C2CCc3cc(-c4noc(C5CC5)n4)ccc32)ccn1. The first kappa shape index (κ1) is 16.2. The molecule has 27 heavy (non-hydrogen) atoms. The molecule has 1 saturated carbocycles. The van der Waals surface area contributed by atoms with Gasteiger partial charge in [-0.15, -0.1) is 0 Å². The Bertz CT molecular complexity index is 1020. The Kier molecular flexibility index (Phi) is 3.77. The average molecular weight is 360 g/mol. The fourth-order valence-electron chi connectivity index (χ4n) is 3.73. The molecule has 0 saturated heterocycles. The predicted octanol–water partition coefficient (Wildman–Crippen LogP) is 3.99. The molecular formula is C21H20N4O2. The lowest BCUT2D eigenvalue weighted by atomic mass is 9.98. The van der Waals surface area contributed by atoms with Gasteiger partial charge in [0.2, 0.25) is 17.6 Å². The second kappa shape index (κ2) is 6.30. The maximum atomic E-state index is 12.8. The zero-order valence-electron chi connectivity index (χ0n) is 15.1. The maximum Gasteiger partial charge on any atom is 0.231 e. The lowest BCUT2D eigenvalue weighted by Crippen LogP contribution is -2.19. The van der Waals surface area contributed by atoms with Crippen LogP contribution in [0, 0.1) is 6.92 Å². The van der Waals surface area contributed by atoms with Crippen molar-refractivity contribution >= 4 is 11.6 Å². The largest absolute Gasteiger partial charge is 0.339 e. The number of benzene rings is 1. The molecule has 0 radical (unpaired) electrons. The van der Waals surface area contributed by atoms with Gasteiger partial charge in [0.1, 0.15) is 0 Å². The minimum absolute atomic E-state index is 0.0303. The summed E-state index contributed by atoms with van der Waals surface area (Å²) in [4.78, 5) is 21.4. The van der Waals surface area contributed by atoms with Crippen molar-refractivity contribution in [2.45, 2.75) is 44.4 Å².